The second-order valence-electron chi connectivity index (χ2n) is 5.21. The Balaban J connectivity index is 1.90. The number of rotatable bonds is 4. The number of hydrogen-bond donors (Lipinski definition) is 2. The van der Waals surface area contributed by atoms with Gasteiger partial charge in [0.15, 0.2) is 0 Å². The summed E-state index contributed by atoms with van der Waals surface area (Å²) in [6.07, 6.45) is 2.59. The van der Waals surface area contributed by atoms with Crippen molar-refractivity contribution in [2.24, 2.45) is 5.92 Å². The Kier molecular flexibility index (Phi) is 4.20. The molecule has 0 heterocycles. The first-order chi connectivity index (χ1) is 9.06. The molecule has 4 heteroatoms. The highest BCUT2D eigenvalue weighted by molar-refractivity contribution is 5.80. The van der Waals surface area contributed by atoms with Crippen LogP contribution in [0.2, 0.25) is 0 Å². The van der Waals surface area contributed by atoms with Gasteiger partial charge in [0.25, 0.3) is 0 Å². The maximum absolute atomic E-state index is 11.9. The van der Waals surface area contributed by atoms with Crippen molar-refractivity contribution in [3.05, 3.63) is 35.4 Å². The van der Waals surface area contributed by atoms with E-state index in [0.717, 1.165) is 24.0 Å². The maximum atomic E-state index is 11.9. The van der Waals surface area contributed by atoms with E-state index in [0.29, 0.717) is 12.8 Å². The highest BCUT2D eigenvalue weighted by Gasteiger charge is 2.33. The molecule has 0 radical (unpaired) electrons. The molecule has 1 aliphatic rings. The molecule has 4 nitrogen and oxygen atoms in total. The third kappa shape index (κ3) is 3.56. The second kappa shape index (κ2) is 5.87. The summed E-state index contributed by atoms with van der Waals surface area (Å²) in [5.41, 5.74) is 2.11. The zero-order chi connectivity index (χ0) is 13.8. The lowest BCUT2D eigenvalue weighted by Gasteiger charge is -2.17. The molecule has 2 atom stereocenters. The molecule has 2 N–H and O–H groups in total. The summed E-state index contributed by atoms with van der Waals surface area (Å²) in [5.74, 6) is -1.33. The molecule has 0 aliphatic heterocycles. The van der Waals surface area contributed by atoms with Crippen molar-refractivity contribution in [3.63, 3.8) is 0 Å². The fraction of sp³-hybridized carbons (Fsp3) is 0.467. The number of carbonyl (C=O) groups is 2. The molecule has 1 aliphatic carbocycles. The number of amides is 1. The number of hydrogen-bond acceptors (Lipinski definition) is 2. The van der Waals surface area contributed by atoms with Crippen molar-refractivity contribution in [3.8, 4) is 0 Å². The number of nitrogens with one attached hydrogen (secondary N) is 1. The van der Waals surface area contributed by atoms with E-state index in [-0.39, 0.29) is 11.9 Å². The van der Waals surface area contributed by atoms with Crippen LogP contribution in [0, 0.1) is 12.8 Å². The molecule has 1 amide bonds. The molecule has 0 bridgehead atoms. The zero-order valence-corrected chi connectivity index (χ0v) is 11.1. The van der Waals surface area contributed by atoms with E-state index < -0.39 is 11.9 Å². The molecule has 2 rings (SSSR count). The number of carbonyl (C=O) groups excluding carboxylic acids is 1. The summed E-state index contributed by atoms with van der Waals surface area (Å²) in [4.78, 5) is 23.0. The Morgan fingerprint density at radius 3 is 2.58 bits per heavy atom. The minimum atomic E-state index is -0.807. The van der Waals surface area contributed by atoms with Gasteiger partial charge in [-0.15, -0.1) is 0 Å². The maximum Gasteiger partial charge on any atom is 0.308 e. The number of carboxylic acid groups (broad SMARTS) is 1. The lowest BCUT2D eigenvalue weighted by atomic mass is 10.0. The average Bonchev–Trinajstić information content (AvgIpc) is 2.80. The zero-order valence-electron chi connectivity index (χ0n) is 11.1. The third-order valence-corrected chi connectivity index (χ3v) is 3.66. The van der Waals surface area contributed by atoms with Crippen LogP contribution in [0.1, 0.15) is 30.4 Å². The van der Waals surface area contributed by atoms with Crippen molar-refractivity contribution in [1.29, 1.82) is 0 Å². The van der Waals surface area contributed by atoms with Gasteiger partial charge in [0, 0.05) is 6.04 Å². The van der Waals surface area contributed by atoms with Crippen LogP contribution in [-0.2, 0) is 16.0 Å². The van der Waals surface area contributed by atoms with Gasteiger partial charge in [-0.2, -0.15) is 0 Å². The first-order valence-corrected chi connectivity index (χ1v) is 6.64. The molecule has 1 aromatic carbocycles. The Labute approximate surface area is 112 Å². The van der Waals surface area contributed by atoms with E-state index in [1.807, 2.05) is 31.2 Å². The van der Waals surface area contributed by atoms with Crippen molar-refractivity contribution in [1.82, 2.24) is 5.32 Å². The van der Waals surface area contributed by atoms with E-state index >= 15 is 0 Å². The molecule has 19 heavy (non-hydrogen) atoms. The topological polar surface area (TPSA) is 66.4 Å². The third-order valence-electron chi connectivity index (χ3n) is 3.66. The molecule has 1 aromatic rings. The highest BCUT2D eigenvalue weighted by Crippen LogP contribution is 2.25. The predicted octanol–water partition coefficient (Wildman–Crippen LogP) is 1.91. The molecule has 0 saturated heterocycles. The van der Waals surface area contributed by atoms with Gasteiger partial charge in [0.2, 0.25) is 5.91 Å². The number of benzene rings is 1. The van der Waals surface area contributed by atoms with E-state index in [2.05, 4.69) is 5.32 Å². The smallest absolute Gasteiger partial charge is 0.308 e. The minimum Gasteiger partial charge on any atom is -0.481 e. The van der Waals surface area contributed by atoms with E-state index in [1.54, 1.807) is 0 Å². The van der Waals surface area contributed by atoms with Gasteiger partial charge < -0.3 is 10.4 Å². The summed E-state index contributed by atoms with van der Waals surface area (Å²) >= 11 is 0. The van der Waals surface area contributed by atoms with E-state index in [9.17, 15) is 9.59 Å². The highest BCUT2D eigenvalue weighted by atomic mass is 16.4. The molecule has 102 valence electrons. The molecule has 0 unspecified atom stereocenters. The van der Waals surface area contributed by atoms with Crippen LogP contribution in [0.5, 0.6) is 0 Å². The standard InChI is InChI=1S/C15H19NO3/c1-10-5-7-11(8-6-10)9-14(17)16-13-4-2-3-12(13)15(18)19/h5-8,12-13H,2-4,9H2,1H3,(H,16,17)(H,18,19)/t12-,13+/m0/s1. The lowest BCUT2D eigenvalue weighted by molar-refractivity contribution is -0.142. The first kappa shape index (κ1) is 13.6. The van der Waals surface area contributed by atoms with Crippen molar-refractivity contribution in [2.45, 2.75) is 38.6 Å². The summed E-state index contributed by atoms with van der Waals surface area (Å²) in [5, 5.41) is 11.9. The summed E-state index contributed by atoms with van der Waals surface area (Å²) < 4.78 is 0. The molecule has 0 aromatic heterocycles. The van der Waals surface area contributed by atoms with Crippen LogP contribution in [0.3, 0.4) is 0 Å². The first-order valence-electron chi connectivity index (χ1n) is 6.64. The van der Waals surface area contributed by atoms with Crippen molar-refractivity contribution >= 4 is 11.9 Å². The number of carboxylic acids is 1. The molecular formula is C15H19NO3. The second-order valence-corrected chi connectivity index (χ2v) is 5.21. The van der Waals surface area contributed by atoms with Crippen LogP contribution >= 0.6 is 0 Å². The fourth-order valence-corrected chi connectivity index (χ4v) is 2.58. The Bertz CT molecular complexity index is 467. The minimum absolute atomic E-state index is 0.0954. The number of aliphatic carboxylic acids is 1. The largest absolute Gasteiger partial charge is 0.481 e. The van der Waals surface area contributed by atoms with Gasteiger partial charge in [-0.3, -0.25) is 9.59 Å². The van der Waals surface area contributed by atoms with Crippen LogP contribution in [-0.4, -0.2) is 23.0 Å². The average molecular weight is 261 g/mol. The van der Waals surface area contributed by atoms with Crippen LogP contribution in [0.25, 0.3) is 0 Å². The van der Waals surface area contributed by atoms with Crippen LogP contribution in [0.4, 0.5) is 0 Å². The van der Waals surface area contributed by atoms with Gasteiger partial charge in [-0.25, -0.2) is 0 Å². The van der Waals surface area contributed by atoms with Gasteiger partial charge in [0.05, 0.1) is 12.3 Å². The Morgan fingerprint density at radius 2 is 1.95 bits per heavy atom. The summed E-state index contributed by atoms with van der Waals surface area (Å²) in [6.45, 7) is 2.00. The SMILES string of the molecule is Cc1ccc(CC(=O)N[C@@H]2CCC[C@@H]2C(=O)O)cc1. The molecular weight excluding hydrogens is 242 g/mol. The van der Waals surface area contributed by atoms with E-state index in [1.165, 1.54) is 0 Å². The monoisotopic (exact) mass is 261 g/mol. The van der Waals surface area contributed by atoms with E-state index in [4.69, 9.17) is 5.11 Å². The fourth-order valence-electron chi connectivity index (χ4n) is 2.58. The lowest BCUT2D eigenvalue weighted by Crippen LogP contribution is -2.40. The Morgan fingerprint density at radius 1 is 1.26 bits per heavy atom. The number of aryl methyl sites for hydroxylation is 1. The van der Waals surface area contributed by atoms with Gasteiger partial charge in [-0.05, 0) is 25.3 Å². The van der Waals surface area contributed by atoms with Gasteiger partial charge in [-0.1, -0.05) is 36.2 Å². The molecule has 0 spiro atoms. The predicted molar refractivity (Wildman–Crippen MR) is 71.8 cm³/mol. The van der Waals surface area contributed by atoms with Crippen LogP contribution < -0.4 is 5.32 Å². The molecule has 1 saturated carbocycles. The van der Waals surface area contributed by atoms with Crippen molar-refractivity contribution in [2.75, 3.05) is 0 Å². The van der Waals surface area contributed by atoms with Crippen LogP contribution in [0.15, 0.2) is 24.3 Å². The summed E-state index contributed by atoms with van der Waals surface area (Å²) in [7, 11) is 0. The van der Waals surface area contributed by atoms with Gasteiger partial charge in [0.1, 0.15) is 0 Å². The summed E-state index contributed by atoms with van der Waals surface area (Å²) in [6, 6.07) is 7.59. The quantitative estimate of drug-likeness (QED) is 0.870. The Hall–Kier alpha value is -1.84. The van der Waals surface area contributed by atoms with Crippen molar-refractivity contribution < 1.29 is 14.7 Å². The normalized spacial score (nSPS) is 22.2. The van der Waals surface area contributed by atoms with Gasteiger partial charge >= 0.3 is 5.97 Å². The molecule has 1 fully saturated rings.